The SMILES string of the molecule is CCN(C)C1=NC2C(OC(CNC3CC3)C(O)C2O)S1. The van der Waals surface area contributed by atoms with Crippen molar-refractivity contribution in [3.05, 3.63) is 0 Å². The van der Waals surface area contributed by atoms with Gasteiger partial charge < -0.3 is 25.2 Å². The van der Waals surface area contributed by atoms with E-state index in [4.69, 9.17) is 4.74 Å². The van der Waals surface area contributed by atoms with Crippen molar-refractivity contribution >= 4 is 16.9 Å². The average molecular weight is 301 g/mol. The molecule has 3 rings (SSSR count). The lowest BCUT2D eigenvalue weighted by molar-refractivity contribution is -0.150. The predicted molar refractivity (Wildman–Crippen MR) is 78.8 cm³/mol. The highest BCUT2D eigenvalue weighted by molar-refractivity contribution is 8.14. The van der Waals surface area contributed by atoms with Crippen LogP contribution in [0.25, 0.3) is 0 Å². The monoisotopic (exact) mass is 301 g/mol. The highest BCUT2D eigenvalue weighted by Gasteiger charge is 2.48. The summed E-state index contributed by atoms with van der Waals surface area (Å²) >= 11 is 1.54. The van der Waals surface area contributed by atoms with Gasteiger partial charge in [-0.15, -0.1) is 0 Å². The highest BCUT2D eigenvalue weighted by Crippen LogP contribution is 2.37. The quantitative estimate of drug-likeness (QED) is 0.656. The van der Waals surface area contributed by atoms with Gasteiger partial charge in [-0.05, 0) is 19.8 Å². The van der Waals surface area contributed by atoms with Gasteiger partial charge in [0.1, 0.15) is 29.8 Å². The van der Waals surface area contributed by atoms with Crippen LogP contribution in [0.1, 0.15) is 19.8 Å². The van der Waals surface area contributed by atoms with Crippen LogP contribution in [0.5, 0.6) is 0 Å². The zero-order valence-corrected chi connectivity index (χ0v) is 12.7. The van der Waals surface area contributed by atoms with E-state index in [1.54, 1.807) is 11.8 Å². The van der Waals surface area contributed by atoms with Crippen LogP contribution in [-0.2, 0) is 4.74 Å². The van der Waals surface area contributed by atoms with Gasteiger partial charge in [-0.25, -0.2) is 0 Å². The number of nitrogens with zero attached hydrogens (tertiary/aromatic N) is 2. The maximum Gasteiger partial charge on any atom is 0.162 e. The number of hydrogen-bond acceptors (Lipinski definition) is 7. The molecule has 2 heterocycles. The lowest BCUT2D eigenvalue weighted by atomic mass is 9.98. The molecule has 114 valence electrons. The lowest BCUT2D eigenvalue weighted by Crippen LogP contribution is -2.57. The van der Waals surface area contributed by atoms with Crippen molar-refractivity contribution in [2.24, 2.45) is 4.99 Å². The first-order valence-electron chi connectivity index (χ1n) is 7.30. The minimum absolute atomic E-state index is 0.191. The molecule has 0 spiro atoms. The Morgan fingerprint density at radius 2 is 2.15 bits per heavy atom. The molecular weight excluding hydrogens is 278 g/mol. The Bertz CT molecular complexity index is 391. The second kappa shape index (κ2) is 5.81. The van der Waals surface area contributed by atoms with E-state index in [1.165, 1.54) is 12.8 Å². The Labute approximate surface area is 123 Å². The maximum atomic E-state index is 10.3. The third-order valence-corrected chi connectivity index (χ3v) is 5.39. The van der Waals surface area contributed by atoms with Gasteiger partial charge in [0, 0.05) is 26.2 Å². The molecule has 0 aromatic carbocycles. The molecular formula is C13H23N3O3S. The van der Waals surface area contributed by atoms with E-state index >= 15 is 0 Å². The molecule has 0 amide bonds. The molecule has 3 aliphatic rings. The Morgan fingerprint density at radius 1 is 1.40 bits per heavy atom. The predicted octanol–water partition coefficient (Wildman–Crippen LogP) is -0.392. The van der Waals surface area contributed by atoms with E-state index in [9.17, 15) is 10.2 Å². The molecule has 2 fully saturated rings. The molecule has 3 N–H and O–H groups in total. The van der Waals surface area contributed by atoms with Crippen LogP contribution in [0.3, 0.4) is 0 Å². The van der Waals surface area contributed by atoms with Gasteiger partial charge in [0.25, 0.3) is 0 Å². The Hall–Kier alpha value is -0.340. The first-order valence-corrected chi connectivity index (χ1v) is 8.18. The van der Waals surface area contributed by atoms with Crippen molar-refractivity contribution in [2.45, 2.75) is 55.6 Å². The summed E-state index contributed by atoms with van der Waals surface area (Å²) in [6.07, 6.45) is 0.301. The third kappa shape index (κ3) is 2.82. The van der Waals surface area contributed by atoms with Crippen molar-refractivity contribution in [1.29, 1.82) is 0 Å². The van der Waals surface area contributed by atoms with Crippen molar-refractivity contribution in [3.8, 4) is 0 Å². The van der Waals surface area contributed by atoms with E-state index in [0.29, 0.717) is 12.6 Å². The number of aliphatic hydroxyl groups is 2. The number of aliphatic hydroxyl groups excluding tert-OH is 2. The molecule has 7 heteroatoms. The number of amidine groups is 1. The van der Waals surface area contributed by atoms with E-state index in [2.05, 4.69) is 17.2 Å². The number of nitrogens with one attached hydrogen (secondary N) is 1. The van der Waals surface area contributed by atoms with Crippen molar-refractivity contribution in [3.63, 3.8) is 0 Å². The Balaban J connectivity index is 1.63. The van der Waals surface area contributed by atoms with Crippen LogP contribution in [0.15, 0.2) is 4.99 Å². The van der Waals surface area contributed by atoms with Crippen LogP contribution < -0.4 is 5.32 Å². The molecule has 2 aliphatic heterocycles. The second-order valence-electron chi connectivity index (χ2n) is 5.74. The molecule has 6 nitrogen and oxygen atoms in total. The van der Waals surface area contributed by atoms with E-state index in [0.717, 1.165) is 11.7 Å². The number of thioether (sulfide) groups is 1. The van der Waals surface area contributed by atoms with Gasteiger partial charge in [0.05, 0.1) is 0 Å². The number of hydrogen-bond donors (Lipinski definition) is 3. The molecule has 0 aromatic rings. The highest BCUT2D eigenvalue weighted by atomic mass is 32.2. The smallest absolute Gasteiger partial charge is 0.162 e. The molecule has 20 heavy (non-hydrogen) atoms. The van der Waals surface area contributed by atoms with Crippen LogP contribution in [-0.4, -0.2) is 76.2 Å². The molecule has 1 saturated heterocycles. The normalized spacial score (nSPS) is 40.4. The maximum absolute atomic E-state index is 10.3. The summed E-state index contributed by atoms with van der Waals surface area (Å²) in [5, 5.41) is 24.7. The summed E-state index contributed by atoms with van der Waals surface area (Å²) in [7, 11) is 1.97. The zero-order chi connectivity index (χ0) is 14.3. The van der Waals surface area contributed by atoms with Crippen LogP contribution in [0.4, 0.5) is 0 Å². The Morgan fingerprint density at radius 3 is 2.80 bits per heavy atom. The van der Waals surface area contributed by atoms with Crippen molar-refractivity contribution in [1.82, 2.24) is 10.2 Å². The zero-order valence-electron chi connectivity index (χ0n) is 11.9. The van der Waals surface area contributed by atoms with Gasteiger partial charge in [-0.1, -0.05) is 11.8 Å². The summed E-state index contributed by atoms with van der Waals surface area (Å²) in [5.41, 5.74) is -0.191. The summed E-state index contributed by atoms with van der Waals surface area (Å²) in [5.74, 6) is 0. The molecule has 0 radical (unpaired) electrons. The fraction of sp³-hybridized carbons (Fsp3) is 0.923. The minimum atomic E-state index is -0.877. The summed E-state index contributed by atoms with van der Waals surface area (Å²) in [6.45, 7) is 3.50. The number of fused-ring (bicyclic) bond motifs is 1. The fourth-order valence-electron chi connectivity index (χ4n) is 2.48. The van der Waals surface area contributed by atoms with Crippen LogP contribution >= 0.6 is 11.8 Å². The van der Waals surface area contributed by atoms with Gasteiger partial charge in [0.2, 0.25) is 0 Å². The van der Waals surface area contributed by atoms with Crippen LogP contribution in [0, 0.1) is 0 Å². The summed E-state index contributed by atoms with van der Waals surface area (Å²) < 4.78 is 5.95. The minimum Gasteiger partial charge on any atom is -0.388 e. The van der Waals surface area contributed by atoms with Gasteiger partial charge in [-0.3, -0.25) is 4.99 Å². The standard InChI is InChI=1S/C13H23N3O3S/c1-3-16(2)13-15-9-11(18)10(17)8(19-12(9)20-13)6-14-7-4-5-7/h7-12,14,17-18H,3-6H2,1-2H3. The molecule has 0 bridgehead atoms. The van der Waals surface area contributed by atoms with E-state index < -0.39 is 12.2 Å². The van der Waals surface area contributed by atoms with Crippen molar-refractivity contribution < 1.29 is 14.9 Å². The van der Waals surface area contributed by atoms with Gasteiger partial charge in [-0.2, -0.15) is 0 Å². The van der Waals surface area contributed by atoms with E-state index in [-0.39, 0.29) is 17.6 Å². The summed E-state index contributed by atoms with van der Waals surface area (Å²) in [6, 6.07) is 0.200. The fourth-order valence-corrected chi connectivity index (χ4v) is 3.73. The molecule has 1 saturated carbocycles. The first-order chi connectivity index (χ1) is 9.60. The van der Waals surface area contributed by atoms with Crippen LogP contribution in [0.2, 0.25) is 0 Å². The van der Waals surface area contributed by atoms with Gasteiger partial charge >= 0.3 is 0 Å². The lowest BCUT2D eigenvalue weighted by Gasteiger charge is -2.38. The topological polar surface area (TPSA) is 77.3 Å². The van der Waals surface area contributed by atoms with Gasteiger partial charge in [0.15, 0.2) is 5.17 Å². The molecule has 1 aliphatic carbocycles. The Kier molecular flexibility index (Phi) is 4.24. The summed E-state index contributed by atoms with van der Waals surface area (Å²) in [4.78, 5) is 6.54. The molecule has 0 aromatic heterocycles. The third-order valence-electron chi connectivity index (χ3n) is 4.14. The molecule has 5 unspecified atom stereocenters. The molecule has 5 atom stereocenters. The van der Waals surface area contributed by atoms with E-state index in [1.807, 2.05) is 11.9 Å². The first kappa shape index (κ1) is 14.6. The number of rotatable bonds is 4. The average Bonchev–Trinajstić information content (AvgIpc) is 3.18. The number of aliphatic imine (C=N–C) groups is 1. The number of ether oxygens (including phenoxy) is 1. The van der Waals surface area contributed by atoms with Crippen molar-refractivity contribution in [2.75, 3.05) is 20.1 Å². The largest absolute Gasteiger partial charge is 0.388 e. The second-order valence-corrected chi connectivity index (χ2v) is 6.81.